The molecule has 2 aromatic carbocycles. The Labute approximate surface area is 112 Å². The molecule has 0 heterocycles. The monoisotopic (exact) mass is 312 g/mol. The summed E-state index contributed by atoms with van der Waals surface area (Å²) in [6, 6.07) is 10.3. The van der Waals surface area contributed by atoms with Crippen molar-refractivity contribution in [3.8, 4) is 0 Å². The molecule has 0 bridgehead atoms. The summed E-state index contributed by atoms with van der Waals surface area (Å²) < 4.78 is 27.2. The van der Waals surface area contributed by atoms with Gasteiger partial charge in [-0.2, -0.15) is 0 Å². The minimum atomic E-state index is -0.996. The average Bonchev–Trinajstić information content (AvgIpc) is 2.32. The van der Waals surface area contributed by atoms with Gasteiger partial charge in [-0.25, -0.2) is 8.78 Å². The molecule has 0 fully saturated rings. The first-order valence-electron chi connectivity index (χ1n) is 5.44. The van der Waals surface area contributed by atoms with Crippen molar-refractivity contribution in [2.75, 3.05) is 0 Å². The second-order valence-electron chi connectivity index (χ2n) is 4.02. The zero-order chi connectivity index (χ0) is 13.1. The second-order valence-corrected chi connectivity index (χ2v) is 4.93. The van der Waals surface area contributed by atoms with Crippen LogP contribution >= 0.6 is 15.9 Å². The number of aliphatic hydroxyl groups is 1. The Balaban J connectivity index is 2.21. The Morgan fingerprint density at radius 1 is 1.11 bits per heavy atom. The highest BCUT2D eigenvalue weighted by Crippen LogP contribution is 2.24. The van der Waals surface area contributed by atoms with E-state index in [1.165, 1.54) is 24.3 Å². The number of hydrogen-bond acceptors (Lipinski definition) is 1. The van der Waals surface area contributed by atoms with Crippen LogP contribution in [0.4, 0.5) is 8.78 Å². The number of aliphatic hydroxyl groups excluding tert-OH is 1. The van der Waals surface area contributed by atoms with Crippen molar-refractivity contribution in [2.45, 2.75) is 12.5 Å². The molecule has 0 aliphatic rings. The van der Waals surface area contributed by atoms with Crippen LogP contribution in [0.5, 0.6) is 0 Å². The molecule has 0 aliphatic heterocycles. The summed E-state index contributed by atoms with van der Waals surface area (Å²) in [5.41, 5.74) is 0.829. The molecule has 4 heteroatoms. The third-order valence-electron chi connectivity index (χ3n) is 2.64. The van der Waals surface area contributed by atoms with Crippen molar-refractivity contribution < 1.29 is 13.9 Å². The van der Waals surface area contributed by atoms with E-state index >= 15 is 0 Å². The summed E-state index contributed by atoms with van der Waals surface area (Å²) in [6.07, 6.45) is -0.824. The highest BCUT2D eigenvalue weighted by Gasteiger charge is 2.14. The van der Waals surface area contributed by atoms with Crippen LogP contribution in [-0.2, 0) is 6.42 Å². The van der Waals surface area contributed by atoms with Crippen LogP contribution in [0.15, 0.2) is 46.9 Å². The van der Waals surface area contributed by atoms with Crippen LogP contribution in [0.3, 0.4) is 0 Å². The van der Waals surface area contributed by atoms with Gasteiger partial charge in [0.1, 0.15) is 11.6 Å². The molecule has 1 atom stereocenters. The molecule has 1 N–H and O–H groups in total. The largest absolute Gasteiger partial charge is 0.388 e. The Morgan fingerprint density at radius 3 is 2.61 bits per heavy atom. The molecule has 1 unspecified atom stereocenters. The normalized spacial score (nSPS) is 12.4. The van der Waals surface area contributed by atoms with Gasteiger partial charge in [0.05, 0.1) is 6.10 Å². The van der Waals surface area contributed by atoms with E-state index in [0.29, 0.717) is 10.0 Å². The van der Waals surface area contributed by atoms with E-state index in [1.807, 2.05) is 0 Å². The quantitative estimate of drug-likeness (QED) is 0.908. The summed E-state index contributed by atoms with van der Waals surface area (Å²) in [5, 5.41) is 9.99. The van der Waals surface area contributed by atoms with Crippen molar-refractivity contribution in [3.05, 3.63) is 69.7 Å². The lowest BCUT2D eigenvalue weighted by Gasteiger charge is -2.12. The van der Waals surface area contributed by atoms with Gasteiger partial charge in [-0.05, 0) is 35.9 Å². The molecule has 94 valence electrons. The van der Waals surface area contributed by atoms with Crippen LogP contribution in [0, 0.1) is 11.6 Å². The van der Waals surface area contributed by atoms with Crippen molar-refractivity contribution >= 4 is 15.9 Å². The van der Waals surface area contributed by atoms with Gasteiger partial charge >= 0.3 is 0 Å². The molecule has 2 rings (SSSR count). The van der Waals surface area contributed by atoms with Gasteiger partial charge in [0.2, 0.25) is 0 Å². The maximum atomic E-state index is 13.5. The summed E-state index contributed by atoms with van der Waals surface area (Å²) in [6.45, 7) is 0. The number of halogens is 3. The van der Waals surface area contributed by atoms with E-state index in [1.54, 1.807) is 18.2 Å². The summed E-state index contributed by atoms with van der Waals surface area (Å²) in [5.74, 6) is -0.837. The van der Waals surface area contributed by atoms with E-state index in [4.69, 9.17) is 0 Å². The molecule has 18 heavy (non-hydrogen) atoms. The van der Waals surface area contributed by atoms with Crippen molar-refractivity contribution in [3.63, 3.8) is 0 Å². The van der Waals surface area contributed by atoms with Crippen LogP contribution in [-0.4, -0.2) is 5.11 Å². The fourth-order valence-electron chi connectivity index (χ4n) is 1.77. The molecule has 0 saturated heterocycles. The van der Waals surface area contributed by atoms with Gasteiger partial charge in [-0.3, -0.25) is 0 Å². The van der Waals surface area contributed by atoms with Crippen molar-refractivity contribution in [2.24, 2.45) is 0 Å². The van der Waals surface area contributed by atoms with E-state index in [2.05, 4.69) is 15.9 Å². The van der Waals surface area contributed by atoms with Gasteiger partial charge in [0.25, 0.3) is 0 Å². The van der Waals surface area contributed by atoms with Gasteiger partial charge in [-0.15, -0.1) is 0 Å². The summed E-state index contributed by atoms with van der Waals surface area (Å²) >= 11 is 3.22. The maximum Gasteiger partial charge on any atom is 0.129 e. The van der Waals surface area contributed by atoms with Gasteiger partial charge in [0.15, 0.2) is 0 Å². The van der Waals surface area contributed by atoms with E-state index in [-0.39, 0.29) is 17.8 Å². The smallest absolute Gasteiger partial charge is 0.129 e. The SMILES string of the molecule is OC(Cc1cccc(F)c1)c1cc(Br)ccc1F. The summed E-state index contributed by atoms with van der Waals surface area (Å²) in [7, 11) is 0. The molecule has 1 nitrogen and oxygen atoms in total. The molecule has 0 aromatic heterocycles. The van der Waals surface area contributed by atoms with Gasteiger partial charge < -0.3 is 5.11 Å². The number of benzene rings is 2. The van der Waals surface area contributed by atoms with Crippen LogP contribution in [0.25, 0.3) is 0 Å². The minimum Gasteiger partial charge on any atom is -0.388 e. The zero-order valence-corrected chi connectivity index (χ0v) is 11.0. The number of hydrogen-bond donors (Lipinski definition) is 1. The average molecular weight is 313 g/mol. The van der Waals surface area contributed by atoms with Crippen LogP contribution in [0.2, 0.25) is 0 Å². The highest BCUT2D eigenvalue weighted by atomic mass is 79.9. The minimum absolute atomic E-state index is 0.172. The lowest BCUT2D eigenvalue weighted by Crippen LogP contribution is -2.04. The molecule has 0 saturated carbocycles. The third-order valence-corrected chi connectivity index (χ3v) is 3.13. The Hall–Kier alpha value is -1.26. The molecular weight excluding hydrogens is 302 g/mol. The Kier molecular flexibility index (Phi) is 4.09. The Bertz CT molecular complexity index is 557. The van der Waals surface area contributed by atoms with E-state index in [9.17, 15) is 13.9 Å². The highest BCUT2D eigenvalue weighted by molar-refractivity contribution is 9.10. The molecule has 0 radical (unpaired) electrons. The lowest BCUT2D eigenvalue weighted by atomic mass is 10.0. The predicted molar refractivity (Wildman–Crippen MR) is 69.2 cm³/mol. The molecule has 2 aromatic rings. The first kappa shape index (κ1) is 13.2. The fourth-order valence-corrected chi connectivity index (χ4v) is 2.15. The molecule has 0 amide bonds. The van der Waals surface area contributed by atoms with Crippen molar-refractivity contribution in [1.29, 1.82) is 0 Å². The first-order chi connectivity index (χ1) is 8.56. The van der Waals surface area contributed by atoms with Gasteiger partial charge in [0, 0.05) is 16.5 Å². The summed E-state index contributed by atoms with van der Waals surface area (Å²) in [4.78, 5) is 0. The lowest BCUT2D eigenvalue weighted by molar-refractivity contribution is 0.173. The Morgan fingerprint density at radius 2 is 1.89 bits per heavy atom. The predicted octanol–water partition coefficient (Wildman–Crippen LogP) is 4.00. The van der Waals surface area contributed by atoms with Crippen LogP contribution in [0.1, 0.15) is 17.2 Å². The molecule has 0 aliphatic carbocycles. The van der Waals surface area contributed by atoms with Gasteiger partial charge in [-0.1, -0.05) is 28.1 Å². The third kappa shape index (κ3) is 3.15. The topological polar surface area (TPSA) is 20.2 Å². The first-order valence-corrected chi connectivity index (χ1v) is 6.23. The molecule has 0 spiro atoms. The van der Waals surface area contributed by atoms with E-state index in [0.717, 1.165) is 0 Å². The molecular formula is C14H11BrF2O. The number of rotatable bonds is 3. The van der Waals surface area contributed by atoms with E-state index < -0.39 is 11.9 Å². The maximum absolute atomic E-state index is 13.5. The van der Waals surface area contributed by atoms with Crippen LogP contribution < -0.4 is 0 Å². The van der Waals surface area contributed by atoms with Crippen molar-refractivity contribution in [1.82, 2.24) is 0 Å². The standard InChI is InChI=1S/C14H11BrF2O/c15-10-4-5-13(17)12(8-10)14(18)7-9-2-1-3-11(16)6-9/h1-6,8,14,18H,7H2. The zero-order valence-electron chi connectivity index (χ0n) is 9.41. The fraction of sp³-hybridized carbons (Fsp3) is 0.143. The second kappa shape index (κ2) is 5.59.